The Morgan fingerprint density at radius 3 is 2.41 bits per heavy atom. The van der Waals surface area contributed by atoms with Gasteiger partial charge in [-0.2, -0.15) is 8.42 Å². The number of carbonyl (C=O) groups excluding carboxylic acids is 1. The third-order valence-corrected chi connectivity index (χ3v) is 3.53. The van der Waals surface area contributed by atoms with Gasteiger partial charge in [-0.1, -0.05) is 36.9 Å². The topological polar surface area (TPSA) is 107 Å². The van der Waals surface area contributed by atoms with Crippen molar-refractivity contribution in [1.29, 1.82) is 0 Å². The van der Waals surface area contributed by atoms with E-state index in [9.17, 15) is 17.8 Å². The molecule has 1 aromatic carbocycles. The van der Waals surface area contributed by atoms with Crippen LogP contribution in [0.2, 0.25) is 0 Å². The van der Waals surface area contributed by atoms with Gasteiger partial charge in [0.05, 0.1) is 10.9 Å². The van der Waals surface area contributed by atoms with Gasteiger partial charge < -0.3 is 10.5 Å². The molecule has 0 bridgehead atoms. The monoisotopic (exact) mass is 335 g/mol. The molecule has 6 nitrogen and oxygen atoms in total. The van der Waals surface area contributed by atoms with E-state index < -0.39 is 27.0 Å². The minimum atomic E-state index is -4.51. The van der Waals surface area contributed by atoms with Crippen molar-refractivity contribution in [2.45, 2.75) is 13.0 Å². The second-order valence-corrected chi connectivity index (χ2v) is 5.84. The van der Waals surface area contributed by atoms with E-state index in [2.05, 4.69) is 6.58 Å². The van der Waals surface area contributed by atoms with Gasteiger partial charge in [0.1, 0.15) is 6.61 Å². The summed E-state index contributed by atoms with van der Waals surface area (Å²) in [5.74, 6) is -0.681. The molecule has 0 aliphatic rings. The van der Waals surface area contributed by atoms with Crippen LogP contribution < -0.4 is 5.73 Å². The fourth-order valence-electron chi connectivity index (χ4n) is 1.46. The summed E-state index contributed by atoms with van der Waals surface area (Å²) in [6.45, 7) is 4.47. The Bertz CT molecular complexity index is 655. The zero-order valence-electron chi connectivity index (χ0n) is 11.5. The second kappa shape index (κ2) is 9.24. The summed E-state index contributed by atoms with van der Waals surface area (Å²) in [7, 11) is -4.51. The molecule has 0 amide bonds. The van der Waals surface area contributed by atoms with Crippen molar-refractivity contribution in [3.63, 3.8) is 0 Å². The first-order valence-corrected chi connectivity index (χ1v) is 7.48. The first-order chi connectivity index (χ1) is 9.71. The quantitative estimate of drug-likeness (QED) is 0.343. The minimum absolute atomic E-state index is 0. The molecule has 0 aliphatic carbocycles. The molecule has 22 heavy (non-hydrogen) atoms. The molecule has 1 rings (SSSR count). The van der Waals surface area contributed by atoms with Gasteiger partial charge in [0.2, 0.25) is 0 Å². The van der Waals surface area contributed by atoms with E-state index in [1.54, 1.807) is 30.3 Å². The molecule has 116 valence electrons. The van der Waals surface area contributed by atoms with E-state index in [0.717, 1.165) is 0 Å². The Morgan fingerprint density at radius 1 is 1.41 bits per heavy atom. The van der Waals surface area contributed by atoms with Crippen molar-refractivity contribution in [2.24, 2.45) is 5.73 Å². The van der Waals surface area contributed by atoms with Gasteiger partial charge in [-0.3, -0.25) is 4.55 Å². The molecular formula is C14H18NNaO5S. The first kappa shape index (κ1) is 21.0. The van der Waals surface area contributed by atoms with Crippen molar-refractivity contribution < 1.29 is 22.5 Å². The van der Waals surface area contributed by atoms with Crippen LogP contribution in [-0.2, 0) is 19.6 Å². The number of nitrogens with two attached hydrogens (primary N) is 1. The van der Waals surface area contributed by atoms with Crippen molar-refractivity contribution >= 4 is 51.7 Å². The molecule has 0 radical (unpaired) electrons. The van der Waals surface area contributed by atoms with E-state index in [4.69, 9.17) is 10.5 Å². The summed E-state index contributed by atoms with van der Waals surface area (Å²) >= 11 is 0. The van der Waals surface area contributed by atoms with Crippen LogP contribution in [0.5, 0.6) is 0 Å². The normalized spacial score (nSPS) is 13.0. The number of esters is 1. The van der Waals surface area contributed by atoms with Crippen LogP contribution in [-0.4, -0.2) is 61.1 Å². The molecule has 3 N–H and O–H groups in total. The Labute approximate surface area is 152 Å². The van der Waals surface area contributed by atoms with Crippen LogP contribution in [0, 0.1) is 0 Å². The predicted octanol–water partition coefficient (Wildman–Crippen LogP) is 0.713. The van der Waals surface area contributed by atoms with Gasteiger partial charge in [-0.25, -0.2) is 4.79 Å². The Balaban J connectivity index is 0.00000441. The number of hydrogen-bond acceptors (Lipinski definition) is 5. The number of carbonyl (C=O) groups is 1. The Kier molecular flexibility index (Phi) is 8.84. The van der Waals surface area contributed by atoms with Crippen molar-refractivity contribution in [2.75, 3.05) is 6.61 Å². The molecule has 0 saturated carbocycles. The summed E-state index contributed by atoms with van der Waals surface area (Å²) < 4.78 is 36.9. The summed E-state index contributed by atoms with van der Waals surface area (Å²) in [4.78, 5) is 10.8. The molecule has 0 heterocycles. The van der Waals surface area contributed by atoms with E-state index in [0.29, 0.717) is 5.56 Å². The number of benzene rings is 1. The van der Waals surface area contributed by atoms with Crippen LogP contribution in [0.1, 0.15) is 12.5 Å². The zero-order valence-corrected chi connectivity index (χ0v) is 12.3. The Morgan fingerprint density at radius 2 is 1.95 bits per heavy atom. The summed E-state index contributed by atoms with van der Waals surface area (Å²) in [6, 6.07) is 7.30. The first-order valence-electron chi connectivity index (χ1n) is 6.04. The maximum atomic E-state index is 11.4. The van der Waals surface area contributed by atoms with Crippen molar-refractivity contribution in [1.82, 2.24) is 0 Å². The van der Waals surface area contributed by atoms with Crippen LogP contribution in [0.25, 0.3) is 6.08 Å². The second-order valence-electron chi connectivity index (χ2n) is 4.42. The third-order valence-electron chi connectivity index (χ3n) is 2.51. The molecule has 1 atom stereocenters. The number of hydrogen-bond donors (Lipinski definition) is 2. The molecule has 1 unspecified atom stereocenters. The molecule has 0 aliphatic heterocycles. The number of ether oxygens (including phenoxy) is 1. The van der Waals surface area contributed by atoms with E-state index in [1.807, 2.05) is 0 Å². The van der Waals surface area contributed by atoms with Crippen LogP contribution >= 0.6 is 0 Å². The SMILES string of the molecule is C=C(C)C(=O)OCC(N)C(=Cc1ccccc1)S(=O)(=O)O.[NaH]. The number of rotatable bonds is 6. The Hall–Kier alpha value is -0.960. The maximum absolute atomic E-state index is 11.4. The molecule has 0 fully saturated rings. The fraction of sp³-hybridized carbons (Fsp3) is 0.214. The molecule has 0 spiro atoms. The average molecular weight is 335 g/mol. The third kappa shape index (κ3) is 6.87. The van der Waals surface area contributed by atoms with Crippen LogP contribution in [0.15, 0.2) is 47.4 Å². The van der Waals surface area contributed by atoms with Crippen LogP contribution in [0.4, 0.5) is 0 Å². The van der Waals surface area contributed by atoms with Crippen molar-refractivity contribution in [3.05, 3.63) is 53.0 Å². The predicted molar refractivity (Wildman–Crippen MR) is 86.9 cm³/mol. The average Bonchev–Trinajstić information content (AvgIpc) is 2.41. The van der Waals surface area contributed by atoms with E-state index in [1.165, 1.54) is 13.0 Å². The van der Waals surface area contributed by atoms with Gasteiger partial charge in [0.25, 0.3) is 10.1 Å². The fourth-order valence-corrected chi connectivity index (χ4v) is 2.19. The summed E-state index contributed by atoms with van der Waals surface area (Å²) in [5.41, 5.74) is 6.40. The van der Waals surface area contributed by atoms with Gasteiger partial charge in [-0.05, 0) is 18.6 Å². The van der Waals surface area contributed by atoms with Gasteiger partial charge in [-0.15, -0.1) is 0 Å². The van der Waals surface area contributed by atoms with E-state index >= 15 is 0 Å². The van der Waals surface area contributed by atoms with Gasteiger partial charge in [0.15, 0.2) is 0 Å². The summed E-state index contributed by atoms with van der Waals surface area (Å²) in [5, 5.41) is 0. The standard InChI is InChI=1S/C14H17NO5S.Na.H/c1-10(2)14(16)20-9-12(15)13(21(17,18)19)8-11-6-4-3-5-7-11;;/h3-8,12H,1,9,15H2,2H3,(H,17,18,19);;. The zero-order chi connectivity index (χ0) is 16.0. The van der Waals surface area contributed by atoms with E-state index in [-0.39, 0.29) is 41.7 Å². The van der Waals surface area contributed by atoms with Crippen LogP contribution in [0.3, 0.4) is 0 Å². The molecule has 8 heteroatoms. The summed E-state index contributed by atoms with van der Waals surface area (Å²) in [6.07, 6.45) is 1.23. The van der Waals surface area contributed by atoms with Gasteiger partial charge >= 0.3 is 35.5 Å². The van der Waals surface area contributed by atoms with Crippen molar-refractivity contribution in [3.8, 4) is 0 Å². The van der Waals surface area contributed by atoms with Gasteiger partial charge in [0, 0.05) is 5.57 Å². The molecule has 0 aromatic heterocycles. The molecule has 1 aromatic rings. The molecule has 0 saturated heterocycles. The molecular weight excluding hydrogens is 317 g/mol.